The molecule has 1 aliphatic carbocycles. The number of methoxy groups -OCH3 is 1. The van der Waals surface area contributed by atoms with E-state index in [1.165, 1.54) is 0 Å². The van der Waals surface area contributed by atoms with Gasteiger partial charge in [0.25, 0.3) is 5.91 Å². The summed E-state index contributed by atoms with van der Waals surface area (Å²) in [5.41, 5.74) is 5.35. The van der Waals surface area contributed by atoms with E-state index >= 15 is 0 Å². The Balaban J connectivity index is 1.74. The largest absolute Gasteiger partial charge is 0.495 e. The number of carbonyl (C=O) groups is 1. The summed E-state index contributed by atoms with van der Waals surface area (Å²) in [5, 5.41) is 7.72. The van der Waals surface area contributed by atoms with Crippen molar-refractivity contribution in [1.29, 1.82) is 0 Å². The summed E-state index contributed by atoms with van der Waals surface area (Å²) >= 11 is 3.52. The van der Waals surface area contributed by atoms with Crippen LogP contribution in [-0.2, 0) is 12.8 Å². The number of nitrogens with zero attached hydrogens (tertiary/aromatic N) is 2. The molecule has 1 aromatic heterocycles. The molecule has 0 saturated heterocycles. The number of nitrogens with one attached hydrogen (secondary N) is 1. The Bertz CT molecular complexity index is 1040. The summed E-state index contributed by atoms with van der Waals surface area (Å²) in [4.78, 5) is 13.1. The summed E-state index contributed by atoms with van der Waals surface area (Å²) in [6.07, 6.45) is 3.98. The van der Waals surface area contributed by atoms with Crippen LogP contribution in [0.15, 0.2) is 46.9 Å². The second-order valence-corrected chi connectivity index (χ2v) is 7.95. The maximum atomic E-state index is 13.1. The summed E-state index contributed by atoms with van der Waals surface area (Å²) in [6.45, 7) is 1.99. The molecule has 3 aromatic rings. The lowest BCUT2D eigenvalue weighted by Gasteiger charge is -2.14. The van der Waals surface area contributed by atoms with E-state index in [0.29, 0.717) is 17.1 Å². The minimum absolute atomic E-state index is 0.198. The van der Waals surface area contributed by atoms with Crippen LogP contribution in [0.5, 0.6) is 5.75 Å². The predicted molar refractivity (Wildman–Crippen MR) is 114 cm³/mol. The number of ether oxygens (including phenoxy) is 1. The fraction of sp³-hybridized carbons (Fsp3) is 0.273. The lowest BCUT2D eigenvalue weighted by atomic mass is 9.95. The molecule has 28 heavy (non-hydrogen) atoms. The van der Waals surface area contributed by atoms with Crippen molar-refractivity contribution in [1.82, 2.24) is 9.78 Å². The molecule has 0 saturated carbocycles. The van der Waals surface area contributed by atoms with Crippen LogP contribution in [0.25, 0.3) is 5.69 Å². The zero-order chi connectivity index (χ0) is 19.7. The van der Waals surface area contributed by atoms with Gasteiger partial charge in [0.2, 0.25) is 0 Å². The topological polar surface area (TPSA) is 56.1 Å². The van der Waals surface area contributed by atoms with Gasteiger partial charge in [-0.25, -0.2) is 4.68 Å². The first-order valence-electron chi connectivity index (χ1n) is 9.39. The van der Waals surface area contributed by atoms with Gasteiger partial charge >= 0.3 is 0 Å². The van der Waals surface area contributed by atoms with E-state index in [1.807, 2.05) is 54.1 Å². The molecule has 1 amide bonds. The van der Waals surface area contributed by atoms with E-state index in [4.69, 9.17) is 9.84 Å². The van der Waals surface area contributed by atoms with Gasteiger partial charge in [-0.05, 0) is 68.5 Å². The van der Waals surface area contributed by atoms with Crippen molar-refractivity contribution in [2.24, 2.45) is 0 Å². The molecule has 0 radical (unpaired) electrons. The third-order valence-corrected chi connectivity index (χ3v) is 5.54. The first-order valence-corrected chi connectivity index (χ1v) is 10.2. The van der Waals surface area contributed by atoms with Gasteiger partial charge in [-0.15, -0.1) is 0 Å². The fourth-order valence-corrected chi connectivity index (χ4v) is 4.09. The van der Waals surface area contributed by atoms with Crippen molar-refractivity contribution in [3.05, 3.63) is 69.5 Å². The second-order valence-electron chi connectivity index (χ2n) is 7.03. The molecule has 0 aliphatic heterocycles. The lowest BCUT2D eigenvalue weighted by Crippen LogP contribution is -2.16. The Morgan fingerprint density at radius 2 is 2.00 bits per heavy atom. The number of rotatable bonds is 4. The van der Waals surface area contributed by atoms with Gasteiger partial charge in [-0.2, -0.15) is 5.10 Å². The van der Waals surface area contributed by atoms with E-state index in [2.05, 4.69) is 21.2 Å². The highest BCUT2D eigenvalue weighted by atomic mass is 79.9. The standard InChI is InChI=1S/C22H22BrN3O2/c1-14-10-11-20(28-2)18(12-14)24-22(27)21-17-8-3-4-9-19(17)26(25-21)16-7-5-6-15(23)13-16/h5-7,10-13H,3-4,8-9H2,1-2H3,(H,24,27). The first-order chi connectivity index (χ1) is 13.6. The van der Waals surface area contributed by atoms with Crippen LogP contribution in [0.1, 0.15) is 40.2 Å². The van der Waals surface area contributed by atoms with Crippen molar-refractivity contribution in [2.45, 2.75) is 32.6 Å². The number of amides is 1. The summed E-state index contributed by atoms with van der Waals surface area (Å²) in [5.74, 6) is 0.440. The number of carbonyl (C=O) groups excluding carboxylic acids is 1. The third kappa shape index (κ3) is 3.56. The predicted octanol–water partition coefficient (Wildman–Crippen LogP) is 5.08. The van der Waals surface area contributed by atoms with E-state index < -0.39 is 0 Å². The minimum atomic E-state index is -0.198. The molecule has 6 heteroatoms. The third-order valence-electron chi connectivity index (χ3n) is 5.05. The van der Waals surface area contributed by atoms with E-state index in [1.54, 1.807) is 7.11 Å². The van der Waals surface area contributed by atoms with Crippen molar-refractivity contribution < 1.29 is 9.53 Å². The van der Waals surface area contributed by atoms with Crippen LogP contribution in [-0.4, -0.2) is 22.8 Å². The van der Waals surface area contributed by atoms with Crippen molar-refractivity contribution >= 4 is 27.5 Å². The quantitative estimate of drug-likeness (QED) is 0.616. The van der Waals surface area contributed by atoms with Gasteiger partial charge in [0, 0.05) is 15.7 Å². The Labute approximate surface area is 172 Å². The molecule has 0 spiro atoms. The van der Waals surface area contributed by atoms with Crippen LogP contribution in [0.3, 0.4) is 0 Å². The minimum Gasteiger partial charge on any atom is -0.495 e. The molecule has 2 aromatic carbocycles. The molecule has 0 atom stereocenters. The van der Waals surface area contributed by atoms with Crippen molar-refractivity contribution in [3.8, 4) is 11.4 Å². The highest BCUT2D eigenvalue weighted by molar-refractivity contribution is 9.10. The number of anilines is 1. The number of benzene rings is 2. The monoisotopic (exact) mass is 439 g/mol. The molecule has 0 bridgehead atoms. The summed E-state index contributed by atoms with van der Waals surface area (Å²) in [6, 6.07) is 13.7. The molecule has 5 nitrogen and oxygen atoms in total. The van der Waals surface area contributed by atoms with Gasteiger partial charge in [-0.3, -0.25) is 4.79 Å². The zero-order valence-electron chi connectivity index (χ0n) is 16.0. The number of aromatic nitrogens is 2. The normalized spacial score (nSPS) is 13.1. The van der Waals surface area contributed by atoms with Crippen LogP contribution in [0.4, 0.5) is 5.69 Å². The molecular formula is C22H22BrN3O2. The van der Waals surface area contributed by atoms with Gasteiger partial charge in [0.05, 0.1) is 18.5 Å². The van der Waals surface area contributed by atoms with Crippen LogP contribution in [0, 0.1) is 6.92 Å². The highest BCUT2D eigenvalue weighted by Gasteiger charge is 2.26. The number of halogens is 1. The van der Waals surface area contributed by atoms with Crippen LogP contribution in [0.2, 0.25) is 0 Å². The maximum absolute atomic E-state index is 13.1. The van der Waals surface area contributed by atoms with E-state index in [9.17, 15) is 4.79 Å². The van der Waals surface area contributed by atoms with Crippen LogP contribution < -0.4 is 10.1 Å². The van der Waals surface area contributed by atoms with E-state index in [0.717, 1.165) is 52.7 Å². The Morgan fingerprint density at radius 1 is 1.18 bits per heavy atom. The summed E-state index contributed by atoms with van der Waals surface area (Å²) in [7, 11) is 1.60. The molecule has 0 fully saturated rings. The Morgan fingerprint density at radius 3 is 2.79 bits per heavy atom. The van der Waals surface area contributed by atoms with Crippen molar-refractivity contribution in [2.75, 3.05) is 12.4 Å². The summed E-state index contributed by atoms with van der Waals surface area (Å²) < 4.78 is 8.30. The number of hydrogen-bond acceptors (Lipinski definition) is 3. The van der Waals surface area contributed by atoms with E-state index in [-0.39, 0.29) is 5.91 Å². The Hall–Kier alpha value is -2.60. The average molecular weight is 440 g/mol. The molecule has 144 valence electrons. The van der Waals surface area contributed by atoms with Gasteiger partial charge < -0.3 is 10.1 Å². The first kappa shape index (κ1) is 18.7. The molecule has 4 rings (SSSR count). The molecule has 1 aliphatic rings. The Kier molecular flexibility index (Phi) is 5.22. The zero-order valence-corrected chi connectivity index (χ0v) is 17.5. The maximum Gasteiger partial charge on any atom is 0.276 e. The second kappa shape index (κ2) is 7.80. The average Bonchev–Trinajstić information content (AvgIpc) is 3.08. The van der Waals surface area contributed by atoms with Crippen molar-refractivity contribution in [3.63, 3.8) is 0 Å². The molecular weight excluding hydrogens is 418 g/mol. The fourth-order valence-electron chi connectivity index (χ4n) is 3.70. The molecule has 0 unspecified atom stereocenters. The highest BCUT2D eigenvalue weighted by Crippen LogP contribution is 2.30. The van der Waals surface area contributed by atoms with Gasteiger partial charge in [-0.1, -0.05) is 28.1 Å². The number of hydrogen-bond donors (Lipinski definition) is 1. The lowest BCUT2D eigenvalue weighted by molar-refractivity contribution is 0.102. The van der Waals surface area contributed by atoms with Gasteiger partial charge in [0.15, 0.2) is 5.69 Å². The number of fused-ring (bicyclic) bond motifs is 1. The smallest absolute Gasteiger partial charge is 0.276 e. The van der Waals surface area contributed by atoms with Crippen LogP contribution >= 0.6 is 15.9 Å². The molecule has 1 N–H and O–H groups in total. The SMILES string of the molecule is COc1ccc(C)cc1NC(=O)c1nn(-c2cccc(Br)c2)c2c1CCCC2. The molecule has 1 heterocycles. The van der Waals surface area contributed by atoms with Gasteiger partial charge in [0.1, 0.15) is 5.75 Å². The number of aryl methyl sites for hydroxylation is 1.